The molecule has 0 aromatic rings. The second kappa shape index (κ2) is 7.84. The van der Waals surface area contributed by atoms with Gasteiger partial charge >= 0.3 is 5.97 Å². The number of carbonyl (C=O) groups is 2. The van der Waals surface area contributed by atoms with Gasteiger partial charge in [-0.1, -0.05) is 19.9 Å². The Labute approximate surface area is 102 Å². The highest BCUT2D eigenvalue weighted by Gasteiger charge is 2.25. The molecule has 0 aliphatic rings. The van der Waals surface area contributed by atoms with Crippen molar-refractivity contribution in [1.29, 1.82) is 0 Å². The Morgan fingerprint density at radius 1 is 1.41 bits per heavy atom. The van der Waals surface area contributed by atoms with Crippen LogP contribution in [0.1, 0.15) is 27.2 Å². The van der Waals surface area contributed by atoms with Crippen LogP contribution in [-0.4, -0.2) is 35.7 Å². The average Bonchev–Trinajstić information content (AvgIpc) is 2.24. The number of rotatable bonds is 8. The molecule has 5 heteroatoms. The van der Waals surface area contributed by atoms with E-state index in [2.05, 4.69) is 11.9 Å². The minimum absolute atomic E-state index is 0.170. The number of nitrogens with one attached hydrogen (secondary N) is 1. The average molecular weight is 243 g/mol. The fraction of sp³-hybridized carbons (Fsp3) is 0.667. The maximum absolute atomic E-state index is 11.6. The van der Waals surface area contributed by atoms with Crippen molar-refractivity contribution in [2.75, 3.05) is 6.61 Å². The highest BCUT2D eigenvalue weighted by molar-refractivity contribution is 5.86. The summed E-state index contributed by atoms with van der Waals surface area (Å²) in [6.07, 6.45) is 1.69. The standard InChI is InChI=1S/C12H21NO4/c1-5-6-7-17-9(4)11(14)13-10(8(2)3)12(15)16/h5,8-10H,1,6-7H2,2-4H3,(H,13,14)(H,15,16)/t9?,10-/m0/s1. The molecule has 0 radical (unpaired) electrons. The van der Waals surface area contributed by atoms with Crippen molar-refractivity contribution in [1.82, 2.24) is 5.32 Å². The van der Waals surface area contributed by atoms with Crippen LogP contribution in [0.25, 0.3) is 0 Å². The number of ether oxygens (including phenoxy) is 1. The van der Waals surface area contributed by atoms with Crippen LogP contribution in [0, 0.1) is 5.92 Å². The molecule has 98 valence electrons. The SMILES string of the molecule is C=CCCOC(C)C(=O)N[C@H](C(=O)O)C(C)C. The van der Waals surface area contributed by atoms with E-state index in [4.69, 9.17) is 9.84 Å². The molecular formula is C12H21NO4. The lowest BCUT2D eigenvalue weighted by atomic mass is 10.0. The second-order valence-electron chi connectivity index (χ2n) is 4.16. The number of hydrogen-bond donors (Lipinski definition) is 2. The number of hydrogen-bond acceptors (Lipinski definition) is 3. The van der Waals surface area contributed by atoms with Crippen LogP contribution in [0.15, 0.2) is 12.7 Å². The van der Waals surface area contributed by atoms with Gasteiger partial charge in [0.05, 0.1) is 6.61 Å². The molecule has 2 N–H and O–H groups in total. The Hall–Kier alpha value is -1.36. The zero-order valence-electron chi connectivity index (χ0n) is 10.6. The van der Waals surface area contributed by atoms with Crippen LogP contribution in [0.2, 0.25) is 0 Å². The topological polar surface area (TPSA) is 75.6 Å². The Bertz CT molecular complexity index is 276. The van der Waals surface area contributed by atoms with Gasteiger partial charge < -0.3 is 15.2 Å². The summed E-state index contributed by atoms with van der Waals surface area (Å²) >= 11 is 0. The third-order valence-corrected chi connectivity index (χ3v) is 2.29. The summed E-state index contributed by atoms with van der Waals surface area (Å²) in [7, 11) is 0. The maximum atomic E-state index is 11.6. The van der Waals surface area contributed by atoms with Gasteiger partial charge in [-0.25, -0.2) is 4.79 Å². The normalized spacial score (nSPS) is 14.1. The van der Waals surface area contributed by atoms with Crippen molar-refractivity contribution in [2.24, 2.45) is 5.92 Å². The van der Waals surface area contributed by atoms with Crippen molar-refractivity contribution < 1.29 is 19.4 Å². The lowest BCUT2D eigenvalue weighted by Gasteiger charge is -2.20. The van der Waals surface area contributed by atoms with Crippen molar-refractivity contribution in [2.45, 2.75) is 39.3 Å². The Kier molecular flexibility index (Phi) is 7.21. The third-order valence-electron chi connectivity index (χ3n) is 2.29. The first-order chi connectivity index (χ1) is 7.90. The van der Waals surface area contributed by atoms with E-state index in [1.165, 1.54) is 0 Å². The minimum atomic E-state index is -1.04. The second-order valence-corrected chi connectivity index (χ2v) is 4.16. The van der Waals surface area contributed by atoms with Crippen molar-refractivity contribution in [3.63, 3.8) is 0 Å². The van der Waals surface area contributed by atoms with Gasteiger partial charge in [0.1, 0.15) is 12.1 Å². The molecular weight excluding hydrogens is 222 g/mol. The van der Waals surface area contributed by atoms with Crippen molar-refractivity contribution >= 4 is 11.9 Å². The van der Waals surface area contributed by atoms with Crippen LogP contribution in [0.4, 0.5) is 0 Å². The van der Waals surface area contributed by atoms with E-state index < -0.39 is 24.0 Å². The molecule has 0 bridgehead atoms. The summed E-state index contributed by atoms with van der Waals surface area (Å²) in [5.41, 5.74) is 0. The predicted octanol–water partition coefficient (Wildman–Crippen LogP) is 1.19. The Morgan fingerprint density at radius 3 is 2.41 bits per heavy atom. The smallest absolute Gasteiger partial charge is 0.326 e. The molecule has 0 saturated heterocycles. The quantitative estimate of drug-likeness (QED) is 0.496. The molecule has 1 unspecified atom stereocenters. The summed E-state index contributed by atoms with van der Waals surface area (Å²) in [6.45, 7) is 9.01. The van der Waals surface area contributed by atoms with E-state index in [0.717, 1.165) is 0 Å². The summed E-state index contributed by atoms with van der Waals surface area (Å²) in [5.74, 6) is -1.61. The fourth-order valence-corrected chi connectivity index (χ4v) is 1.19. The summed E-state index contributed by atoms with van der Waals surface area (Å²) in [4.78, 5) is 22.5. The van der Waals surface area contributed by atoms with Crippen LogP contribution in [-0.2, 0) is 14.3 Å². The minimum Gasteiger partial charge on any atom is -0.480 e. The van der Waals surface area contributed by atoms with Gasteiger partial charge in [-0.3, -0.25) is 4.79 Å². The van der Waals surface area contributed by atoms with Gasteiger partial charge in [0, 0.05) is 0 Å². The molecule has 0 saturated carbocycles. The van der Waals surface area contributed by atoms with E-state index in [9.17, 15) is 9.59 Å². The maximum Gasteiger partial charge on any atom is 0.326 e. The highest BCUT2D eigenvalue weighted by Crippen LogP contribution is 2.03. The number of carbonyl (C=O) groups excluding carboxylic acids is 1. The van der Waals surface area contributed by atoms with Gasteiger partial charge in [0.15, 0.2) is 0 Å². The van der Waals surface area contributed by atoms with E-state index >= 15 is 0 Å². The molecule has 0 aromatic carbocycles. The highest BCUT2D eigenvalue weighted by atomic mass is 16.5. The lowest BCUT2D eigenvalue weighted by molar-refractivity contribution is -0.145. The van der Waals surface area contributed by atoms with Crippen molar-refractivity contribution in [3.05, 3.63) is 12.7 Å². The lowest BCUT2D eigenvalue weighted by Crippen LogP contribution is -2.48. The zero-order valence-corrected chi connectivity index (χ0v) is 10.6. The van der Waals surface area contributed by atoms with Crippen LogP contribution in [0.3, 0.4) is 0 Å². The van der Waals surface area contributed by atoms with Gasteiger partial charge in [0.2, 0.25) is 5.91 Å². The first-order valence-corrected chi connectivity index (χ1v) is 5.65. The van der Waals surface area contributed by atoms with Gasteiger partial charge in [-0.15, -0.1) is 6.58 Å². The third kappa shape index (κ3) is 6.06. The van der Waals surface area contributed by atoms with Gasteiger partial charge in [-0.05, 0) is 19.3 Å². The number of amides is 1. The predicted molar refractivity (Wildman–Crippen MR) is 64.6 cm³/mol. The molecule has 2 atom stereocenters. The van der Waals surface area contributed by atoms with Gasteiger partial charge in [0.25, 0.3) is 0 Å². The largest absolute Gasteiger partial charge is 0.480 e. The molecule has 0 rings (SSSR count). The van der Waals surface area contributed by atoms with E-state index in [1.807, 2.05) is 0 Å². The number of carboxylic acids is 1. The number of carboxylic acid groups (broad SMARTS) is 1. The molecule has 5 nitrogen and oxygen atoms in total. The van der Waals surface area contributed by atoms with E-state index in [1.54, 1.807) is 26.8 Å². The van der Waals surface area contributed by atoms with Gasteiger partial charge in [-0.2, -0.15) is 0 Å². The molecule has 0 heterocycles. The first kappa shape index (κ1) is 15.6. The summed E-state index contributed by atoms with van der Waals surface area (Å²) in [5, 5.41) is 11.4. The van der Waals surface area contributed by atoms with E-state index in [-0.39, 0.29) is 5.92 Å². The van der Waals surface area contributed by atoms with Crippen LogP contribution in [0.5, 0.6) is 0 Å². The Balaban J connectivity index is 4.21. The fourth-order valence-electron chi connectivity index (χ4n) is 1.19. The van der Waals surface area contributed by atoms with Crippen LogP contribution >= 0.6 is 0 Å². The molecule has 1 amide bonds. The Morgan fingerprint density at radius 2 is 2.00 bits per heavy atom. The molecule has 0 spiro atoms. The first-order valence-electron chi connectivity index (χ1n) is 5.65. The molecule has 17 heavy (non-hydrogen) atoms. The number of aliphatic carboxylic acids is 1. The molecule has 0 aliphatic heterocycles. The molecule has 0 aromatic heterocycles. The zero-order chi connectivity index (χ0) is 13.4. The summed E-state index contributed by atoms with van der Waals surface area (Å²) < 4.78 is 5.23. The molecule has 0 aliphatic carbocycles. The summed E-state index contributed by atoms with van der Waals surface area (Å²) in [6, 6.07) is -0.882. The van der Waals surface area contributed by atoms with E-state index in [0.29, 0.717) is 13.0 Å². The van der Waals surface area contributed by atoms with Crippen molar-refractivity contribution in [3.8, 4) is 0 Å². The van der Waals surface area contributed by atoms with Crippen LogP contribution < -0.4 is 5.32 Å². The monoisotopic (exact) mass is 243 g/mol. The molecule has 0 fully saturated rings.